The number of aryl methyl sites for hydroxylation is 2. The van der Waals surface area contributed by atoms with Crippen molar-refractivity contribution >= 4 is 39.3 Å². The van der Waals surface area contributed by atoms with Crippen LogP contribution in [0.25, 0.3) is 21.8 Å². The highest BCUT2D eigenvalue weighted by atomic mass is 35.5. The lowest BCUT2D eigenvalue weighted by atomic mass is 10.1. The molecule has 0 saturated heterocycles. The van der Waals surface area contributed by atoms with Crippen molar-refractivity contribution in [1.82, 2.24) is 20.1 Å². The van der Waals surface area contributed by atoms with E-state index in [1.807, 2.05) is 0 Å². The number of hydrogen-bond donors (Lipinski definition) is 2. The van der Waals surface area contributed by atoms with Gasteiger partial charge in [0.2, 0.25) is 0 Å². The lowest BCUT2D eigenvalue weighted by Gasteiger charge is -2.12. The molecule has 0 spiro atoms. The van der Waals surface area contributed by atoms with Crippen molar-refractivity contribution in [3.8, 4) is 0 Å². The van der Waals surface area contributed by atoms with Crippen LogP contribution in [0.15, 0.2) is 47.3 Å². The SMILES string of the molecule is Cc1[nH]nc2c1c(=O)n(CCCNC(=O)c1ccc(F)cc1)c1ccc(Cl)cc21. The zero-order valence-electron chi connectivity index (χ0n) is 15.6. The maximum Gasteiger partial charge on any atom is 0.262 e. The van der Waals surface area contributed by atoms with E-state index in [-0.39, 0.29) is 11.5 Å². The molecule has 2 N–H and O–H groups in total. The summed E-state index contributed by atoms with van der Waals surface area (Å²) in [6, 6.07) is 10.7. The standard InChI is InChI=1S/C21H18ClFN4O2/c1-12-18-19(26-25-12)16-11-14(22)5-8-17(16)27(21(18)29)10-2-9-24-20(28)13-3-6-15(23)7-4-13/h3-8,11H,2,9-10H2,1H3,(H,24,28)(H,25,26). The molecule has 0 saturated carbocycles. The van der Waals surface area contributed by atoms with Crippen molar-refractivity contribution in [2.45, 2.75) is 19.9 Å². The number of nitrogens with zero attached hydrogens (tertiary/aromatic N) is 2. The summed E-state index contributed by atoms with van der Waals surface area (Å²) in [6.07, 6.45) is 0.549. The number of nitrogens with one attached hydrogen (secondary N) is 2. The molecule has 0 unspecified atom stereocenters. The van der Waals surface area contributed by atoms with Crippen LogP contribution < -0.4 is 10.9 Å². The van der Waals surface area contributed by atoms with Crippen LogP contribution in [-0.2, 0) is 6.54 Å². The van der Waals surface area contributed by atoms with E-state index in [1.54, 1.807) is 29.7 Å². The second-order valence-electron chi connectivity index (χ2n) is 6.81. The zero-order chi connectivity index (χ0) is 20.5. The minimum Gasteiger partial charge on any atom is -0.352 e. The van der Waals surface area contributed by atoms with Gasteiger partial charge in [-0.25, -0.2) is 4.39 Å². The number of H-pyrrole nitrogens is 1. The topological polar surface area (TPSA) is 79.8 Å². The average Bonchev–Trinajstić information content (AvgIpc) is 3.10. The van der Waals surface area contributed by atoms with E-state index in [9.17, 15) is 14.0 Å². The van der Waals surface area contributed by atoms with Gasteiger partial charge in [0.1, 0.15) is 11.3 Å². The Hall–Kier alpha value is -3.19. The van der Waals surface area contributed by atoms with Gasteiger partial charge in [-0.3, -0.25) is 14.7 Å². The third-order valence-electron chi connectivity index (χ3n) is 4.86. The van der Waals surface area contributed by atoms with Gasteiger partial charge in [0.05, 0.1) is 10.9 Å². The maximum absolute atomic E-state index is 13.0. The molecule has 2 aromatic heterocycles. The lowest BCUT2D eigenvalue weighted by molar-refractivity contribution is 0.0952. The molecule has 2 heterocycles. The molecule has 148 valence electrons. The Morgan fingerprint density at radius 1 is 1.24 bits per heavy atom. The molecule has 29 heavy (non-hydrogen) atoms. The number of aromatic nitrogens is 3. The highest BCUT2D eigenvalue weighted by Gasteiger charge is 2.15. The number of hydrogen-bond acceptors (Lipinski definition) is 3. The van der Waals surface area contributed by atoms with Crippen LogP contribution in [0, 0.1) is 12.7 Å². The summed E-state index contributed by atoms with van der Waals surface area (Å²) in [5.41, 5.74) is 2.30. The number of pyridine rings is 1. The average molecular weight is 413 g/mol. The summed E-state index contributed by atoms with van der Waals surface area (Å²) in [7, 11) is 0. The summed E-state index contributed by atoms with van der Waals surface area (Å²) < 4.78 is 14.7. The first-order chi connectivity index (χ1) is 14.0. The first-order valence-electron chi connectivity index (χ1n) is 9.16. The van der Waals surface area contributed by atoms with Gasteiger partial charge in [-0.05, 0) is 55.8 Å². The Labute approximate surface area is 170 Å². The van der Waals surface area contributed by atoms with Crippen molar-refractivity contribution in [2.75, 3.05) is 6.54 Å². The summed E-state index contributed by atoms with van der Waals surface area (Å²) in [5, 5.41) is 11.8. The molecule has 2 aromatic carbocycles. The molecule has 4 aromatic rings. The zero-order valence-corrected chi connectivity index (χ0v) is 16.4. The molecule has 0 atom stereocenters. The summed E-state index contributed by atoms with van der Waals surface area (Å²) >= 11 is 6.15. The van der Waals surface area contributed by atoms with E-state index in [0.717, 1.165) is 10.9 Å². The van der Waals surface area contributed by atoms with E-state index in [1.165, 1.54) is 24.3 Å². The fraction of sp³-hybridized carbons (Fsp3) is 0.190. The van der Waals surface area contributed by atoms with Gasteiger partial charge in [-0.15, -0.1) is 0 Å². The minimum absolute atomic E-state index is 0.133. The molecular formula is C21H18ClFN4O2. The third kappa shape index (κ3) is 3.61. The number of rotatable bonds is 5. The van der Waals surface area contributed by atoms with E-state index >= 15 is 0 Å². The van der Waals surface area contributed by atoms with Crippen LogP contribution in [0.3, 0.4) is 0 Å². The molecule has 0 fully saturated rings. The largest absolute Gasteiger partial charge is 0.352 e. The van der Waals surface area contributed by atoms with Crippen molar-refractivity contribution in [2.24, 2.45) is 0 Å². The van der Waals surface area contributed by atoms with E-state index in [2.05, 4.69) is 15.5 Å². The molecule has 4 rings (SSSR count). The van der Waals surface area contributed by atoms with Gasteiger partial charge in [0, 0.05) is 34.8 Å². The van der Waals surface area contributed by atoms with Crippen molar-refractivity contribution < 1.29 is 9.18 Å². The number of fused-ring (bicyclic) bond motifs is 3. The fourth-order valence-electron chi connectivity index (χ4n) is 3.43. The molecule has 8 heteroatoms. The molecule has 6 nitrogen and oxygen atoms in total. The Morgan fingerprint density at radius 2 is 2.00 bits per heavy atom. The summed E-state index contributed by atoms with van der Waals surface area (Å²) in [4.78, 5) is 25.2. The highest BCUT2D eigenvalue weighted by molar-refractivity contribution is 6.31. The smallest absolute Gasteiger partial charge is 0.262 e. The van der Waals surface area contributed by atoms with Gasteiger partial charge in [-0.2, -0.15) is 5.10 Å². The van der Waals surface area contributed by atoms with Crippen molar-refractivity contribution in [3.05, 3.63) is 74.9 Å². The first-order valence-corrected chi connectivity index (χ1v) is 9.54. The van der Waals surface area contributed by atoms with E-state index < -0.39 is 5.82 Å². The van der Waals surface area contributed by atoms with Gasteiger partial charge in [0.15, 0.2) is 0 Å². The number of amides is 1. The Kier molecular flexibility index (Phi) is 5.07. The van der Waals surface area contributed by atoms with Crippen LogP contribution >= 0.6 is 11.6 Å². The van der Waals surface area contributed by atoms with Crippen LogP contribution in [0.2, 0.25) is 5.02 Å². The predicted octanol–water partition coefficient (Wildman–Crippen LogP) is 3.80. The monoisotopic (exact) mass is 412 g/mol. The second kappa shape index (κ2) is 7.67. The number of carbonyl (C=O) groups excluding carboxylic acids is 1. The van der Waals surface area contributed by atoms with E-state index in [4.69, 9.17) is 11.6 Å². The quantitative estimate of drug-likeness (QED) is 0.489. The fourth-order valence-corrected chi connectivity index (χ4v) is 3.60. The van der Waals surface area contributed by atoms with Gasteiger partial charge >= 0.3 is 0 Å². The molecule has 0 radical (unpaired) electrons. The van der Waals surface area contributed by atoms with Gasteiger partial charge < -0.3 is 9.88 Å². The third-order valence-corrected chi connectivity index (χ3v) is 5.10. The number of aromatic amines is 1. The van der Waals surface area contributed by atoms with Crippen LogP contribution in [0.1, 0.15) is 22.5 Å². The first kappa shape index (κ1) is 19.1. The minimum atomic E-state index is -0.391. The molecule has 0 aliphatic carbocycles. The normalized spacial score (nSPS) is 11.3. The molecular weight excluding hydrogens is 395 g/mol. The number of benzene rings is 2. The van der Waals surface area contributed by atoms with E-state index in [0.29, 0.717) is 46.7 Å². The van der Waals surface area contributed by atoms with Crippen LogP contribution in [-0.4, -0.2) is 27.2 Å². The Balaban J connectivity index is 1.56. The van der Waals surface area contributed by atoms with Crippen LogP contribution in [0.5, 0.6) is 0 Å². The summed E-state index contributed by atoms with van der Waals surface area (Å²) in [5.74, 6) is -0.673. The lowest BCUT2D eigenvalue weighted by Crippen LogP contribution is -2.27. The van der Waals surface area contributed by atoms with Crippen molar-refractivity contribution in [3.63, 3.8) is 0 Å². The molecule has 0 bridgehead atoms. The van der Waals surface area contributed by atoms with Gasteiger partial charge in [-0.1, -0.05) is 11.6 Å². The molecule has 0 aliphatic rings. The number of halogens is 2. The van der Waals surface area contributed by atoms with Crippen LogP contribution in [0.4, 0.5) is 4.39 Å². The highest BCUT2D eigenvalue weighted by Crippen LogP contribution is 2.25. The predicted molar refractivity (Wildman–Crippen MR) is 111 cm³/mol. The van der Waals surface area contributed by atoms with Gasteiger partial charge in [0.25, 0.3) is 11.5 Å². The van der Waals surface area contributed by atoms with Crippen molar-refractivity contribution in [1.29, 1.82) is 0 Å². The molecule has 1 amide bonds. The number of carbonyl (C=O) groups is 1. The maximum atomic E-state index is 13.0. The second-order valence-corrected chi connectivity index (χ2v) is 7.24. The Bertz CT molecular complexity index is 1280. The summed E-state index contributed by atoms with van der Waals surface area (Å²) in [6.45, 7) is 2.60. The Morgan fingerprint density at radius 3 is 2.76 bits per heavy atom. The molecule has 0 aliphatic heterocycles.